The van der Waals surface area contributed by atoms with Crippen molar-refractivity contribution in [3.8, 4) is 22.6 Å². The number of carbonyl (C=O) groups is 2. The van der Waals surface area contributed by atoms with Gasteiger partial charge in [0.25, 0.3) is 0 Å². The molecule has 1 aliphatic rings. The fourth-order valence-corrected chi connectivity index (χ4v) is 4.04. The SMILES string of the molecule is CCOC(=O)c1ccc(-c2ccnc3c2c(C=C2Oc4cccc(O)c4C2=O)cn3C)cc1. The molecule has 0 fully saturated rings. The zero-order valence-electron chi connectivity index (χ0n) is 18.0. The Bertz CT molecular complexity index is 1450. The van der Waals surface area contributed by atoms with Gasteiger partial charge < -0.3 is 19.1 Å². The van der Waals surface area contributed by atoms with Crippen molar-refractivity contribution in [3.63, 3.8) is 0 Å². The van der Waals surface area contributed by atoms with E-state index in [0.717, 1.165) is 27.7 Å². The molecule has 3 heterocycles. The quantitative estimate of drug-likeness (QED) is 0.364. The minimum absolute atomic E-state index is 0.108. The number of aromatic nitrogens is 2. The summed E-state index contributed by atoms with van der Waals surface area (Å²) in [5.41, 5.74) is 3.91. The highest BCUT2D eigenvalue weighted by molar-refractivity contribution is 6.17. The Hall–Kier alpha value is -4.39. The molecule has 0 radical (unpaired) electrons. The Balaban J connectivity index is 1.60. The van der Waals surface area contributed by atoms with E-state index in [0.29, 0.717) is 17.9 Å². The summed E-state index contributed by atoms with van der Waals surface area (Å²) in [4.78, 5) is 29.4. The molecule has 164 valence electrons. The molecule has 2 aromatic carbocycles. The highest BCUT2D eigenvalue weighted by Crippen LogP contribution is 2.39. The maximum atomic E-state index is 12.9. The van der Waals surface area contributed by atoms with Crippen LogP contribution in [0.1, 0.15) is 33.2 Å². The number of hydrogen-bond donors (Lipinski definition) is 1. The third-order valence-corrected chi connectivity index (χ3v) is 5.56. The van der Waals surface area contributed by atoms with Crippen molar-refractivity contribution in [3.05, 3.63) is 83.4 Å². The molecular weight excluding hydrogens is 420 g/mol. The maximum Gasteiger partial charge on any atom is 0.338 e. The summed E-state index contributed by atoms with van der Waals surface area (Å²) in [5.74, 6) is -0.383. The van der Waals surface area contributed by atoms with Gasteiger partial charge in [-0.2, -0.15) is 0 Å². The lowest BCUT2D eigenvalue weighted by Crippen LogP contribution is -2.04. The van der Waals surface area contributed by atoms with Gasteiger partial charge in [-0.25, -0.2) is 9.78 Å². The molecule has 7 heteroatoms. The van der Waals surface area contributed by atoms with Gasteiger partial charge >= 0.3 is 5.97 Å². The lowest BCUT2D eigenvalue weighted by atomic mass is 9.99. The molecular formula is C26H20N2O5. The standard InChI is InChI=1S/C26H20N2O5/c1-3-32-26(31)16-9-7-15(8-10-16)18-11-12-27-25-22(18)17(14-28(25)2)13-21-24(30)23-19(29)5-4-6-20(23)33-21/h4-14,29H,3H2,1-2H3. The molecule has 33 heavy (non-hydrogen) atoms. The monoisotopic (exact) mass is 440 g/mol. The predicted octanol–water partition coefficient (Wildman–Crippen LogP) is 4.74. The topological polar surface area (TPSA) is 90.7 Å². The van der Waals surface area contributed by atoms with E-state index in [-0.39, 0.29) is 28.8 Å². The summed E-state index contributed by atoms with van der Waals surface area (Å²) in [5, 5.41) is 10.9. The van der Waals surface area contributed by atoms with Crippen molar-refractivity contribution in [1.29, 1.82) is 0 Å². The molecule has 1 aliphatic heterocycles. The second kappa shape index (κ2) is 7.94. The van der Waals surface area contributed by atoms with E-state index in [1.165, 1.54) is 6.07 Å². The van der Waals surface area contributed by atoms with Gasteiger partial charge in [0, 0.05) is 30.4 Å². The fraction of sp³-hybridized carbons (Fsp3) is 0.115. The van der Waals surface area contributed by atoms with Crippen molar-refractivity contribution in [1.82, 2.24) is 9.55 Å². The smallest absolute Gasteiger partial charge is 0.338 e. The van der Waals surface area contributed by atoms with Crippen LogP contribution >= 0.6 is 0 Å². The van der Waals surface area contributed by atoms with Crippen LogP contribution in [0, 0.1) is 0 Å². The molecule has 5 rings (SSSR count). The van der Waals surface area contributed by atoms with Gasteiger partial charge in [0.1, 0.15) is 22.7 Å². The zero-order valence-corrected chi connectivity index (χ0v) is 18.0. The van der Waals surface area contributed by atoms with Crippen molar-refractivity contribution in [2.75, 3.05) is 6.61 Å². The largest absolute Gasteiger partial charge is 0.507 e. The van der Waals surface area contributed by atoms with E-state index in [1.54, 1.807) is 43.5 Å². The number of rotatable bonds is 4. The van der Waals surface area contributed by atoms with Crippen molar-refractivity contribution >= 4 is 28.9 Å². The minimum atomic E-state index is -0.371. The van der Waals surface area contributed by atoms with Gasteiger partial charge in [-0.15, -0.1) is 0 Å². The van der Waals surface area contributed by atoms with Gasteiger partial charge in [0.2, 0.25) is 5.78 Å². The first-order chi connectivity index (χ1) is 16.0. The lowest BCUT2D eigenvalue weighted by molar-refractivity contribution is 0.0526. The van der Waals surface area contributed by atoms with Crippen LogP contribution in [0.5, 0.6) is 11.5 Å². The number of aromatic hydroxyl groups is 1. The van der Waals surface area contributed by atoms with E-state index < -0.39 is 0 Å². The van der Waals surface area contributed by atoms with Gasteiger partial charge in [0.05, 0.1) is 12.2 Å². The lowest BCUT2D eigenvalue weighted by Gasteiger charge is -2.07. The molecule has 0 aliphatic carbocycles. The number of nitrogens with zero attached hydrogens (tertiary/aromatic N) is 2. The van der Waals surface area contributed by atoms with E-state index in [4.69, 9.17) is 9.47 Å². The molecule has 1 N–H and O–H groups in total. The second-order valence-electron chi connectivity index (χ2n) is 7.64. The first kappa shape index (κ1) is 20.5. The Morgan fingerprint density at radius 1 is 1.18 bits per heavy atom. The number of Topliss-reactive ketones (excluding diaryl/α,β-unsaturated/α-hetero) is 1. The van der Waals surface area contributed by atoms with Crippen molar-refractivity contribution in [2.45, 2.75) is 6.92 Å². The normalized spacial score (nSPS) is 13.9. The number of esters is 1. The molecule has 0 spiro atoms. The molecule has 0 amide bonds. The number of ether oxygens (including phenoxy) is 2. The number of benzene rings is 2. The average molecular weight is 440 g/mol. The van der Waals surface area contributed by atoms with Crippen LogP contribution in [0.3, 0.4) is 0 Å². The third kappa shape index (κ3) is 3.43. The number of pyridine rings is 1. The summed E-state index contributed by atoms with van der Waals surface area (Å²) in [6.07, 6.45) is 5.27. The van der Waals surface area contributed by atoms with Crippen molar-refractivity contribution in [2.24, 2.45) is 7.05 Å². The van der Waals surface area contributed by atoms with Crippen LogP contribution in [0.15, 0.2) is 66.7 Å². The van der Waals surface area contributed by atoms with Gasteiger partial charge in [0.15, 0.2) is 5.76 Å². The molecule has 0 atom stereocenters. The van der Waals surface area contributed by atoms with Crippen LogP contribution in [0.4, 0.5) is 0 Å². The van der Waals surface area contributed by atoms with E-state index in [9.17, 15) is 14.7 Å². The predicted molar refractivity (Wildman–Crippen MR) is 123 cm³/mol. The van der Waals surface area contributed by atoms with Crippen LogP contribution in [-0.2, 0) is 11.8 Å². The summed E-state index contributed by atoms with van der Waals surface area (Å²) in [6.45, 7) is 2.08. The minimum Gasteiger partial charge on any atom is -0.507 e. The maximum absolute atomic E-state index is 12.9. The number of phenolic OH excluding ortho intramolecular Hbond substituents is 1. The summed E-state index contributed by atoms with van der Waals surface area (Å²) >= 11 is 0. The first-order valence-corrected chi connectivity index (χ1v) is 10.5. The number of ketones is 1. The van der Waals surface area contributed by atoms with Gasteiger partial charge in [-0.05, 0) is 54.5 Å². The number of carbonyl (C=O) groups excluding carboxylic acids is 2. The first-order valence-electron chi connectivity index (χ1n) is 10.5. The molecule has 0 saturated heterocycles. The van der Waals surface area contributed by atoms with Crippen LogP contribution in [0.2, 0.25) is 0 Å². The fourth-order valence-electron chi connectivity index (χ4n) is 4.04. The summed E-state index contributed by atoms with van der Waals surface area (Å²) < 4.78 is 12.7. The molecule has 0 unspecified atom stereocenters. The number of hydrogen-bond acceptors (Lipinski definition) is 6. The van der Waals surface area contributed by atoms with Gasteiger partial charge in [-0.3, -0.25) is 4.79 Å². The van der Waals surface area contributed by atoms with Gasteiger partial charge in [-0.1, -0.05) is 18.2 Å². The Morgan fingerprint density at radius 3 is 2.70 bits per heavy atom. The van der Waals surface area contributed by atoms with Crippen LogP contribution in [-0.4, -0.2) is 33.0 Å². The number of phenols is 1. The average Bonchev–Trinajstić information content (AvgIpc) is 3.31. The Kier molecular flexibility index (Phi) is 4.94. The second-order valence-corrected chi connectivity index (χ2v) is 7.64. The molecule has 0 saturated carbocycles. The molecule has 0 bridgehead atoms. The van der Waals surface area contributed by atoms with Crippen LogP contribution in [0.25, 0.3) is 28.2 Å². The van der Waals surface area contributed by atoms with E-state index in [1.807, 2.05) is 36.0 Å². The Labute approximate surface area is 189 Å². The zero-order chi connectivity index (χ0) is 23.1. The highest BCUT2D eigenvalue weighted by atomic mass is 16.5. The van der Waals surface area contributed by atoms with Crippen molar-refractivity contribution < 1.29 is 24.2 Å². The third-order valence-electron chi connectivity index (χ3n) is 5.56. The molecule has 4 aromatic rings. The molecule has 2 aromatic heterocycles. The Morgan fingerprint density at radius 2 is 1.97 bits per heavy atom. The number of aryl methyl sites for hydroxylation is 1. The summed E-state index contributed by atoms with van der Waals surface area (Å²) in [7, 11) is 1.88. The highest BCUT2D eigenvalue weighted by Gasteiger charge is 2.30. The van der Waals surface area contributed by atoms with E-state index in [2.05, 4.69) is 4.98 Å². The molecule has 7 nitrogen and oxygen atoms in total. The van der Waals surface area contributed by atoms with E-state index >= 15 is 0 Å². The summed E-state index contributed by atoms with van der Waals surface area (Å²) in [6, 6.07) is 13.8. The number of fused-ring (bicyclic) bond motifs is 2. The van der Waals surface area contributed by atoms with Crippen LogP contribution < -0.4 is 4.74 Å². The number of allylic oxidation sites excluding steroid dienone is 1.